The number of hydrogen-bond donors (Lipinski definition) is 1. The third-order valence-corrected chi connectivity index (χ3v) is 4.60. The third kappa shape index (κ3) is 2.54. The first-order valence-electron chi connectivity index (χ1n) is 7.19. The first-order chi connectivity index (χ1) is 9.66. The van der Waals surface area contributed by atoms with Crippen molar-refractivity contribution in [3.05, 3.63) is 40.1 Å². The lowest BCUT2D eigenvalue weighted by atomic mass is 10.0. The number of nitrogens with one attached hydrogen (secondary N) is 1. The third-order valence-electron chi connectivity index (χ3n) is 4.07. The Hall–Kier alpha value is -1.13. The van der Waals surface area contributed by atoms with E-state index in [9.17, 15) is 0 Å². The predicted molar refractivity (Wildman–Crippen MR) is 86.0 cm³/mol. The molecule has 0 bridgehead atoms. The summed E-state index contributed by atoms with van der Waals surface area (Å²) in [5.41, 5.74) is 4.93. The summed E-state index contributed by atoms with van der Waals surface area (Å²) >= 11 is 3.49. The van der Waals surface area contributed by atoms with Crippen molar-refractivity contribution in [2.45, 2.75) is 32.7 Å². The van der Waals surface area contributed by atoms with Crippen molar-refractivity contribution in [2.75, 3.05) is 13.1 Å². The molecule has 4 heteroatoms. The average Bonchev–Trinajstić information content (AvgIpc) is 2.76. The van der Waals surface area contributed by atoms with Crippen LogP contribution in [0.15, 0.2) is 28.7 Å². The van der Waals surface area contributed by atoms with Crippen LogP contribution in [0.5, 0.6) is 0 Å². The van der Waals surface area contributed by atoms with E-state index in [1.54, 1.807) is 0 Å². The lowest BCUT2D eigenvalue weighted by Gasteiger charge is -2.24. The molecule has 1 aliphatic heterocycles. The van der Waals surface area contributed by atoms with Crippen molar-refractivity contribution in [3.63, 3.8) is 0 Å². The van der Waals surface area contributed by atoms with Crippen molar-refractivity contribution in [3.8, 4) is 11.1 Å². The van der Waals surface area contributed by atoms with E-state index in [1.165, 1.54) is 29.7 Å². The summed E-state index contributed by atoms with van der Waals surface area (Å²) in [6.07, 6.45) is 2.45. The van der Waals surface area contributed by atoms with Gasteiger partial charge in [0.15, 0.2) is 0 Å². The lowest BCUT2D eigenvalue weighted by Crippen LogP contribution is -2.32. The van der Waals surface area contributed by atoms with Crippen LogP contribution in [0.2, 0.25) is 0 Å². The molecule has 1 atom stereocenters. The fourth-order valence-corrected chi connectivity index (χ4v) is 3.36. The van der Waals surface area contributed by atoms with Gasteiger partial charge in [-0.15, -0.1) is 0 Å². The van der Waals surface area contributed by atoms with Crippen LogP contribution in [0.1, 0.15) is 30.3 Å². The van der Waals surface area contributed by atoms with E-state index in [4.69, 9.17) is 5.10 Å². The second-order valence-corrected chi connectivity index (χ2v) is 6.41. The molecule has 1 fully saturated rings. The highest BCUT2D eigenvalue weighted by Gasteiger charge is 2.21. The molecule has 0 amide bonds. The summed E-state index contributed by atoms with van der Waals surface area (Å²) in [4.78, 5) is 0. The van der Waals surface area contributed by atoms with Gasteiger partial charge in [0.1, 0.15) is 0 Å². The van der Waals surface area contributed by atoms with Gasteiger partial charge in [0.05, 0.1) is 11.7 Å². The number of nitrogens with zero attached hydrogens (tertiary/aromatic N) is 2. The Balaban J connectivity index is 1.99. The standard InChI is InChI=1S/C16H20BrN3/c1-11-16(13-5-7-14(17)8-6-13)12(2)20(19-11)15-4-3-9-18-10-15/h5-8,15,18H,3-4,9-10H2,1-2H3. The Bertz CT molecular complexity index is 595. The lowest BCUT2D eigenvalue weighted by molar-refractivity contribution is 0.341. The summed E-state index contributed by atoms with van der Waals surface area (Å²) < 4.78 is 3.33. The van der Waals surface area contributed by atoms with Gasteiger partial charge in [-0.25, -0.2) is 0 Å². The molecule has 0 saturated carbocycles. The van der Waals surface area contributed by atoms with Gasteiger partial charge in [0.2, 0.25) is 0 Å². The summed E-state index contributed by atoms with van der Waals surface area (Å²) in [5, 5.41) is 8.27. The first kappa shape index (κ1) is 13.8. The minimum atomic E-state index is 0.492. The number of aromatic nitrogens is 2. The van der Waals surface area contributed by atoms with Gasteiger partial charge >= 0.3 is 0 Å². The van der Waals surface area contributed by atoms with Gasteiger partial charge in [0, 0.05) is 22.3 Å². The number of benzene rings is 1. The number of hydrogen-bond acceptors (Lipinski definition) is 2. The zero-order chi connectivity index (χ0) is 14.1. The van der Waals surface area contributed by atoms with Crippen LogP contribution >= 0.6 is 15.9 Å². The molecule has 1 unspecified atom stereocenters. The Morgan fingerprint density at radius 2 is 2.00 bits per heavy atom. The number of piperidine rings is 1. The number of halogens is 1. The number of rotatable bonds is 2. The van der Waals surface area contributed by atoms with Crippen LogP contribution < -0.4 is 5.32 Å². The van der Waals surface area contributed by atoms with Crippen molar-refractivity contribution in [2.24, 2.45) is 0 Å². The molecule has 20 heavy (non-hydrogen) atoms. The highest BCUT2D eigenvalue weighted by atomic mass is 79.9. The minimum Gasteiger partial charge on any atom is -0.315 e. The second-order valence-electron chi connectivity index (χ2n) is 5.50. The van der Waals surface area contributed by atoms with Crippen molar-refractivity contribution in [1.82, 2.24) is 15.1 Å². The SMILES string of the molecule is Cc1nn(C2CCCNC2)c(C)c1-c1ccc(Br)cc1. The van der Waals surface area contributed by atoms with E-state index in [0.29, 0.717) is 6.04 Å². The molecule has 3 nitrogen and oxygen atoms in total. The van der Waals surface area contributed by atoms with Crippen molar-refractivity contribution >= 4 is 15.9 Å². The normalized spacial score (nSPS) is 19.2. The highest BCUT2D eigenvalue weighted by molar-refractivity contribution is 9.10. The monoisotopic (exact) mass is 333 g/mol. The molecule has 1 aromatic heterocycles. The largest absolute Gasteiger partial charge is 0.315 e. The minimum absolute atomic E-state index is 0.492. The molecule has 2 aromatic rings. The summed E-state index contributed by atoms with van der Waals surface area (Å²) in [5.74, 6) is 0. The predicted octanol–water partition coefficient (Wildman–Crippen LogP) is 3.85. The zero-order valence-electron chi connectivity index (χ0n) is 12.0. The van der Waals surface area contributed by atoms with E-state index in [-0.39, 0.29) is 0 Å². The maximum atomic E-state index is 4.80. The van der Waals surface area contributed by atoms with Crippen molar-refractivity contribution < 1.29 is 0 Å². The molecule has 3 rings (SSSR count). The molecule has 1 saturated heterocycles. The number of aryl methyl sites for hydroxylation is 1. The van der Waals surface area contributed by atoms with E-state index in [1.807, 2.05) is 0 Å². The van der Waals surface area contributed by atoms with Gasteiger partial charge < -0.3 is 5.32 Å². The Morgan fingerprint density at radius 3 is 2.65 bits per heavy atom. The fraction of sp³-hybridized carbons (Fsp3) is 0.438. The van der Waals surface area contributed by atoms with Gasteiger partial charge in [-0.1, -0.05) is 28.1 Å². The molecule has 2 heterocycles. The van der Waals surface area contributed by atoms with Crippen LogP contribution in [-0.4, -0.2) is 22.9 Å². The highest BCUT2D eigenvalue weighted by Crippen LogP contribution is 2.30. The second kappa shape index (κ2) is 5.70. The van der Waals surface area contributed by atoms with Gasteiger partial charge in [-0.2, -0.15) is 5.10 Å². The maximum absolute atomic E-state index is 4.80. The maximum Gasteiger partial charge on any atom is 0.0675 e. The molecule has 106 valence electrons. The Morgan fingerprint density at radius 1 is 1.25 bits per heavy atom. The van der Waals surface area contributed by atoms with Crippen LogP contribution in [0.3, 0.4) is 0 Å². The molecular weight excluding hydrogens is 314 g/mol. The summed E-state index contributed by atoms with van der Waals surface area (Å²) in [6, 6.07) is 8.99. The molecule has 0 radical (unpaired) electrons. The molecule has 0 spiro atoms. The van der Waals surface area contributed by atoms with Crippen LogP contribution in [0.4, 0.5) is 0 Å². The molecule has 1 N–H and O–H groups in total. The Labute approximate surface area is 128 Å². The van der Waals surface area contributed by atoms with Gasteiger partial charge in [0.25, 0.3) is 0 Å². The van der Waals surface area contributed by atoms with Crippen LogP contribution in [0, 0.1) is 13.8 Å². The first-order valence-corrected chi connectivity index (χ1v) is 7.98. The van der Waals surface area contributed by atoms with Crippen molar-refractivity contribution in [1.29, 1.82) is 0 Å². The molecule has 1 aliphatic rings. The summed E-state index contributed by atoms with van der Waals surface area (Å²) in [6.45, 7) is 6.46. The van der Waals surface area contributed by atoms with Gasteiger partial charge in [-0.05, 0) is 50.9 Å². The average molecular weight is 334 g/mol. The van der Waals surface area contributed by atoms with Crippen LogP contribution in [0.25, 0.3) is 11.1 Å². The van der Waals surface area contributed by atoms with E-state index in [0.717, 1.165) is 23.3 Å². The van der Waals surface area contributed by atoms with E-state index in [2.05, 4.69) is 64.0 Å². The zero-order valence-corrected chi connectivity index (χ0v) is 13.6. The fourth-order valence-electron chi connectivity index (χ4n) is 3.09. The molecular formula is C16H20BrN3. The summed E-state index contributed by atoms with van der Waals surface area (Å²) in [7, 11) is 0. The quantitative estimate of drug-likeness (QED) is 0.904. The van der Waals surface area contributed by atoms with Gasteiger partial charge in [-0.3, -0.25) is 4.68 Å². The molecule has 0 aliphatic carbocycles. The van der Waals surface area contributed by atoms with Crippen LogP contribution in [-0.2, 0) is 0 Å². The van der Waals surface area contributed by atoms with E-state index >= 15 is 0 Å². The van der Waals surface area contributed by atoms with E-state index < -0.39 is 0 Å². The topological polar surface area (TPSA) is 29.9 Å². The molecule has 1 aromatic carbocycles. The smallest absolute Gasteiger partial charge is 0.0675 e. The Kier molecular flexibility index (Phi) is 3.94.